The second-order valence-corrected chi connectivity index (χ2v) is 5.72. The molecule has 1 aromatic rings. The van der Waals surface area contributed by atoms with Gasteiger partial charge in [0.25, 0.3) is 0 Å². The Morgan fingerprint density at radius 2 is 2.44 bits per heavy atom. The number of hydrogen-bond donors (Lipinski definition) is 1. The van der Waals surface area contributed by atoms with Crippen molar-refractivity contribution < 1.29 is 9.53 Å². The third-order valence-corrected chi connectivity index (χ3v) is 3.90. The van der Waals surface area contributed by atoms with Gasteiger partial charge in [-0.2, -0.15) is 0 Å². The zero-order chi connectivity index (χ0) is 11.5. The van der Waals surface area contributed by atoms with Crippen molar-refractivity contribution in [1.29, 1.82) is 0 Å². The van der Waals surface area contributed by atoms with Crippen molar-refractivity contribution in [2.45, 2.75) is 25.4 Å². The third kappa shape index (κ3) is 2.97. The molecule has 1 atom stereocenters. The van der Waals surface area contributed by atoms with Gasteiger partial charge in [-0.1, -0.05) is 11.6 Å². The van der Waals surface area contributed by atoms with Gasteiger partial charge in [-0.05, 0) is 30.9 Å². The molecule has 1 saturated carbocycles. The molecule has 1 heterocycles. The van der Waals surface area contributed by atoms with Crippen LogP contribution in [0.1, 0.15) is 17.7 Å². The summed E-state index contributed by atoms with van der Waals surface area (Å²) in [7, 11) is 1.43. The lowest BCUT2D eigenvalue weighted by Crippen LogP contribution is -2.38. The van der Waals surface area contributed by atoms with Crippen molar-refractivity contribution in [3.63, 3.8) is 0 Å². The number of carbonyl (C=O) groups is 1. The molecule has 0 spiro atoms. The van der Waals surface area contributed by atoms with Gasteiger partial charge in [0.05, 0.1) is 11.4 Å². The molecule has 0 amide bonds. The summed E-state index contributed by atoms with van der Waals surface area (Å²) >= 11 is 7.37. The van der Waals surface area contributed by atoms with Gasteiger partial charge in [0.1, 0.15) is 6.04 Å². The van der Waals surface area contributed by atoms with Gasteiger partial charge < -0.3 is 4.74 Å². The maximum Gasteiger partial charge on any atom is 0.323 e. The average Bonchev–Trinajstić information content (AvgIpc) is 3.02. The van der Waals surface area contributed by atoms with E-state index in [-0.39, 0.29) is 12.0 Å². The fourth-order valence-corrected chi connectivity index (χ4v) is 2.69. The Labute approximate surface area is 104 Å². The highest BCUT2D eigenvalue weighted by Crippen LogP contribution is 2.33. The van der Waals surface area contributed by atoms with Crippen LogP contribution in [-0.4, -0.2) is 19.1 Å². The number of thiophene rings is 1. The number of carbonyl (C=O) groups excluding carboxylic acids is 1. The number of nitrogens with one attached hydrogen (secondary N) is 1. The smallest absolute Gasteiger partial charge is 0.323 e. The minimum atomic E-state index is -0.162. The maximum atomic E-state index is 11.5. The molecular formula is C11H14ClNO2S. The average molecular weight is 260 g/mol. The highest BCUT2D eigenvalue weighted by atomic mass is 35.5. The summed E-state index contributed by atoms with van der Waals surface area (Å²) in [5.74, 6) is 0.285. The Morgan fingerprint density at radius 1 is 1.69 bits per heavy atom. The molecule has 3 nitrogen and oxygen atoms in total. The molecule has 88 valence electrons. The number of methoxy groups -OCH3 is 1. The van der Waals surface area contributed by atoms with E-state index in [4.69, 9.17) is 16.3 Å². The van der Waals surface area contributed by atoms with Gasteiger partial charge in [-0.3, -0.25) is 10.1 Å². The SMILES string of the molecule is COC(=O)C(NCc1ccc(Cl)s1)C1CC1. The van der Waals surface area contributed by atoms with Crippen LogP contribution in [0.5, 0.6) is 0 Å². The summed E-state index contributed by atoms with van der Waals surface area (Å²) in [5.41, 5.74) is 0. The predicted molar refractivity (Wildman–Crippen MR) is 64.7 cm³/mol. The summed E-state index contributed by atoms with van der Waals surface area (Å²) in [6.07, 6.45) is 2.22. The van der Waals surface area contributed by atoms with Crippen molar-refractivity contribution >= 4 is 28.9 Å². The minimum Gasteiger partial charge on any atom is -0.468 e. The summed E-state index contributed by atoms with van der Waals surface area (Å²) in [6.45, 7) is 0.674. The molecule has 0 aliphatic heterocycles. The fourth-order valence-electron chi connectivity index (χ4n) is 1.66. The topological polar surface area (TPSA) is 38.3 Å². The van der Waals surface area contributed by atoms with Crippen LogP contribution in [0.4, 0.5) is 0 Å². The lowest BCUT2D eigenvalue weighted by Gasteiger charge is -2.14. The molecule has 0 radical (unpaired) electrons. The highest BCUT2D eigenvalue weighted by molar-refractivity contribution is 7.16. The lowest BCUT2D eigenvalue weighted by atomic mass is 10.2. The first kappa shape index (κ1) is 11.9. The van der Waals surface area contributed by atoms with Crippen molar-refractivity contribution in [2.75, 3.05) is 7.11 Å². The van der Waals surface area contributed by atoms with Crippen LogP contribution < -0.4 is 5.32 Å². The number of ether oxygens (including phenoxy) is 1. The van der Waals surface area contributed by atoms with E-state index < -0.39 is 0 Å². The van der Waals surface area contributed by atoms with Gasteiger partial charge in [-0.15, -0.1) is 11.3 Å². The second-order valence-electron chi connectivity index (χ2n) is 3.92. The first-order valence-corrected chi connectivity index (χ1v) is 6.45. The largest absolute Gasteiger partial charge is 0.468 e. The summed E-state index contributed by atoms with van der Waals surface area (Å²) < 4.78 is 5.56. The molecule has 1 unspecified atom stereocenters. The minimum absolute atomic E-state index is 0.161. The van der Waals surface area contributed by atoms with Crippen LogP contribution >= 0.6 is 22.9 Å². The first-order chi connectivity index (χ1) is 7.70. The van der Waals surface area contributed by atoms with Gasteiger partial charge in [-0.25, -0.2) is 0 Å². The molecule has 2 rings (SSSR count). The molecule has 5 heteroatoms. The van der Waals surface area contributed by atoms with E-state index in [0.717, 1.165) is 22.1 Å². The molecule has 1 aliphatic rings. The maximum absolute atomic E-state index is 11.5. The molecule has 1 N–H and O–H groups in total. The molecule has 1 aromatic heterocycles. The normalized spacial score (nSPS) is 17.1. The number of esters is 1. The van der Waals surface area contributed by atoms with E-state index in [1.54, 1.807) is 0 Å². The number of hydrogen-bond acceptors (Lipinski definition) is 4. The van der Waals surface area contributed by atoms with E-state index in [2.05, 4.69) is 5.32 Å². The quantitative estimate of drug-likeness (QED) is 0.826. The van der Waals surface area contributed by atoms with E-state index in [1.807, 2.05) is 12.1 Å². The summed E-state index contributed by atoms with van der Waals surface area (Å²) in [4.78, 5) is 12.7. The Hall–Kier alpha value is -0.580. The standard InChI is InChI=1S/C11H14ClNO2S/c1-15-11(14)10(7-2-3-7)13-6-8-4-5-9(12)16-8/h4-5,7,10,13H,2-3,6H2,1H3. The zero-order valence-electron chi connectivity index (χ0n) is 9.03. The lowest BCUT2D eigenvalue weighted by molar-refractivity contribution is -0.143. The molecule has 0 aromatic carbocycles. The fraction of sp³-hybridized carbons (Fsp3) is 0.545. The second kappa shape index (κ2) is 5.17. The molecule has 16 heavy (non-hydrogen) atoms. The Bertz CT molecular complexity index is 376. The van der Waals surface area contributed by atoms with Gasteiger partial charge in [0.15, 0.2) is 0 Å². The molecule has 1 fully saturated rings. The zero-order valence-corrected chi connectivity index (χ0v) is 10.6. The number of halogens is 1. The highest BCUT2D eigenvalue weighted by Gasteiger charge is 2.36. The van der Waals surface area contributed by atoms with Crippen LogP contribution in [0.15, 0.2) is 12.1 Å². The van der Waals surface area contributed by atoms with Gasteiger partial charge in [0.2, 0.25) is 0 Å². The molecule has 1 aliphatic carbocycles. The summed E-state index contributed by atoms with van der Waals surface area (Å²) in [5, 5.41) is 3.24. The Morgan fingerprint density at radius 3 is 2.94 bits per heavy atom. The van der Waals surface area contributed by atoms with Crippen LogP contribution in [0.2, 0.25) is 4.34 Å². The Balaban J connectivity index is 1.88. The van der Waals surface area contributed by atoms with Crippen molar-refractivity contribution in [3.05, 3.63) is 21.3 Å². The van der Waals surface area contributed by atoms with E-state index in [9.17, 15) is 4.79 Å². The van der Waals surface area contributed by atoms with Crippen molar-refractivity contribution in [1.82, 2.24) is 5.32 Å². The molecule has 0 saturated heterocycles. The summed E-state index contributed by atoms with van der Waals surface area (Å²) in [6, 6.07) is 3.68. The van der Waals surface area contributed by atoms with Gasteiger partial charge >= 0.3 is 5.97 Å². The first-order valence-electron chi connectivity index (χ1n) is 5.26. The number of rotatable bonds is 5. The van der Waals surface area contributed by atoms with Crippen molar-refractivity contribution in [2.24, 2.45) is 5.92 Å². The predicted octanol–water partition coefficient (Wildman–Crippen LogP) is 2.44. The van der Waals surface area contributed by atoms with Crippen LogP contribution in [0, 0.1) is 5.92 Å². The Kier molecular flexibility index (Phi) is 3.84. The van der Waals surface area contributed by atoms with Gasteiger partial charge in [0, 0.05) is 11.4 Å². The monoisotopic (exact) mass is 259 g/mol. The van der Waals surface area contributed by atoms with Crippen LogP contribution in [0.3, 0.4) is 0 Å². The van der Waals surface area contributed by atoms with Crippen LogP contribution in [0.25, 0.3) is 0 Å². The molecule has 0 bridgehead atoms. The van der Waals surface area contributed by atoms with E-state index >= 15 is 0 Å². The third-order valence-electron chi connectivity index (χ3n) is 2.67. The van der Waals surface area contributed by atoms with E-state index in [1.165, 1.54) is 18.4 Å². The van der Waals surface area contributed by atoms with Crippen LogP contribution in [-0.2, 0) is 16.1 Å². The van der Waals surface area contributed by atoms with E-state index in [0.29, 0.717) is 12.5 Å². The van der Waals surface area contributed by atoms with Crippen molar-refractivity contribution in [3.8, 4) is 0 Å². The molecular weight excluding hydrogens is 246 g/mol.